The molecule has 1 fully saturated rings. The molecule has 0 aliphatic heterocycles. The van der Waals surface area contributed by atoms with Crippen LogP contribution >= 0.6 is 0 Å². The molecule has 2 rings (SSSR count). The van der Waals surface area contributed by atoms with Crippen molar-refractivity contribution >= 4 is 11.6 Å². The molecule has 0 radical (unpaired) electrons. The van der Waals surface area contributed by atoms with Crippen molar-refractivity contribution < 1.29 is 14.3 Å². The molecule has 1 aliphatic rings. The van der Waals surface area contributed by atoms with Gasteiger partial charge in [0.1, 0.15) is 17.4 Å². The molecule has 1 N–H and O–H groups in total. The van der Waals surface area contributed by atoms with Crippen molar-refractivity contribution in [3.8, 4) is 11.8 Å². The highest BCUT2D eigenvalue weighted by molar-refractivity contribution is 5.98. The summed E-state index contributed by atoms with van der Waals surface area (Å²) in [6, 6.07) is 7.33. The van der Waals surface area contributed by atoms with Crippen LogP contribution < -0.4 is 10.1 Å². The molecule has 1 aromatic carbocycles. The lowest BCUT2D eigenvalue weighted by molar-refractivity contribution is -0.142. The van der Waals surface area contributed by atoms with Crippen molar-refractivity contribution in [3.05, 3.63) is 23.8 Å². The number of benzene rings is 1. The normalized spacial score (nSPS) is 22.9. The predicted molar refractivity (Wildman–Crippen MR) is 97.6 cm³/mol. The number of anilines is 1. The molecule has 136 valence electrons. The number of nitrogens with zero attached hydrogens (tertiary/aromatic N) is 1. The largest absolute Gasteiger partial charge is 0.494 e. The molecule has 25 heavy (non-hydrogen) atoms. The van der Waals surface area contributed by atoms with E-state index >= 15 is 0 Å². The van der Waals surface area contributed by atoms with Gasteiger partial charge in [0.2, 0.25) is 0 Å². The molecule has 0 aromatic heterocycles. The summed E-state index contributed by atoms with van der Waals surface area (Å²) in [6.07, 6.45) is 5.37. The number of methoxy groups -OCH3 is 1. The van der Waals surface area contributed by atoms with Crippen molar-refractivity contribution in [2.45, 2.75) is 58.0 Å². The van der Waals surface area contributed by atoms with E-state index < -0.39 is 5.60 Å². The third kappa shape index (κ3) is 4.73. The van der Waals surface area contributed by atoms with Crippen LogP contribution in [-0.4, -0.2) is 25.2 Å². The Morgan fingerprint density at radius 2 is 2.12 bits per heavy atom. The Morgan fingerprint density at radius 1 is 1.40 bits per heavy atom. The zero-order chi connectivity index (χ0) is 18.3. The maximum Gasteiger partial charge on any atom is 0.256 e. The van der Waals surface area contributed by atoms with Crippen molar-refractivity contribution in [3.63, 3.8) is 0 Å². The number of nitrogens with one attached hydrogen (secondary N) is 1. The molecule has 0 saturated heterocycles. The summed E-state index contributed by atoms with van der Waals surface area (Å²) in [6.45, 7) is 4.92. The summed E-state index contributed by atoms with van der Waals surface area (Å²) < 4.78 is 11.2. The number of carbonyl (C=O) groups is 1. The van der Waals surface area contributed by atoms with Gasteiger partial charge in [-0.1, -0.05) is 20.3 Å². The second-order valence-corrected chi connectivity index (χ2v) is 6.86. The Labute approximate surface area is 150 Å². The highest BCUT2D eigenvalue weighted by Crippen LogP contribution is 2.35. The molecular weight excluding hydrogens is 316 g/mol. The number of rotatable bonds is 7. The van der Waals surface area contributed by atoms with Crippen LogP contribution in [0.2, 0.25) is 0 Å². The van der Waals surface area contributed by atoms with Crippen LogP contribution in [0.4, 0.5) is 5.69 Å². The fourth-order valence-electron chi connectivity index (χ4n) is 3.14. The molecule has 5 heteroatoms. The molecule has 1 aromatic rings. The van der Waals surface area contributed by atoms with Gasteiger partial charge in [-0.3, -0.25) is 4.79 Å². The van der Waals surface area contributed by atoms with E-state index in [4.69, 9.17) is 9.47 Å². The number of carbonyl (C=O) groups excluding carboxylic acids is 1. The van der Waals surface area contributed by atoms with E-state index in [-0.39, 0.29) is 5.91 Å². The maximum absolute atomic E-state index is 12.8. The first kappa shape index (κ1) is 19.3. The summed E-state index contributed by atoms with van der Waals surface area (Å²) in [5.74, 6) is 1.10. The average molecular weight is 344 g/mol. The first-order valence-corrected chi connectivity index (χ1v) is 9.08. The summed E-state index contributed by atoms with van der Waals surface area (Å²) in [7, 11) is 1.59. The van der Waals surface area contributed by atoms with Crippen LogP contribution in [0.15, 0.2) is 18.2 Å². The highest BCUT2D eigenvalue weighted by Gasteiger charge is 2.41. The van der Waals surface area contributed by atoms with E-state index in [0.717, 1.165) is 25.7 Å². The van der Waals surface area contributed by atoms with Crippen molar-refractivity contribution in [1.82, 2.24) is 0 Å². The first-order chi connectivity index (χ1) is 12.0. The lowest BCUT2D eigenvalue weighted by Gasteiger charge is -2.36. The molecule has 0 heterocycles. The predicted octanol–water partition coefficient (Wildman–Crippen LogP) is 4.27. The molecule has 1 saturated carbocycles. The van der Waals surface area contributed by atoms with Crippen LogP contribution in [-0.2, 0) is 9.53 Å². The third-order valence-corrected chi connectivity index (χ3v) is 5.01. The van der Waals surface area contributed by atoms with E-state index in [1.54, 1.807) is 25.3 Å². The quantitative estimate of drug-likeness (QED) is 0.750. The van der Waals surface area contributed by atoms with Gasteiger partial charge in [0.05, 0.1) is 17.9 Å². The van der Waals surface area contributed by atoms with Crippen LogP contribution in [0.3, 0.4) is 0 Å². The standard InChI is InChI=1S/C20H28N2O3/c1-4-5-12-25-17-6-7-18(16(13-17)14-21)22-19(23)20(24-3)10-8-15(2)9-11-20/h6-7,13,15H,4-5,8-12H2,1-3H3,(H,22,23). The topological polar surface area (TPSA) is 71.3 Å². The summed E-state index contributed by atoms with van der Waals surface area (Å²) >= 11 is 0. The second kappa shape index (κ2) is 8.87. The van der Waals surface area contributed by atoms with Gasteiger partial charge in [0.25, 0.3) is 5.91 Å². The lowest BCUT2D eigenvalue weighted by atomic mass is 9.79. The van der Waals surface area contributed by atoms with Gasteiger partial charge in [-0.2, -0.15) is 5.26 Å². The summed E-state index contributed by atoms with van der Waals surface area (Å²) in [5, 5.41) is 12.3. The van der Waals surface area contributed by atoms with Gasteiger partial charge >= 0.3 is 0 Å². The zero-order valence-corrected chi connectivity index (χ0v) is 15.4. The van der Waals surface area contributed by atoms with Crippen molar-refractivity contribution in [1.29, 1.82) is 5.26 Å². The van der Waals surface area contributed by atoms with Gasteiger partial charge < -0.3 is 14.8 Å². The minimum atomic E-state index is -0.796. The Balaban J connectivity index is 2.10. The average Bonchev–Trinajstić information content (AvgIpc) is 2.64. The number of amides is 1. The molecular formula is C20H28N2O3. The molecule has 1 aliphatic carbocycles. The molecule has 0 spiro atoms. The number of nitriles is 1. The van der Waals surface area contributed by atoms with Crippen LogP contribution in [0.25, 0.3) is 0 Å². The van der Waals surface area contributed by atoms with Gasteiger partial charge in [0.15, 0.2) is 0 Å². The number of hydrogen-bond donors (Lipinski definition) is 1. The van der Waals surface area contributed by atoms with Gasteiger partial charge in [-0.25, -0.2) is 0 Å². The number of unbranched alkanes of at least 4 members (excludes halogenated alkanes) is 1. The zero-order valence-electron chi connectivity index (χ0n) is 15.4. The Morgan fingerprint density at radius 3 is 2.72 bits per heavy atom. The third-order valence-electron chi connectivity index (χ3n) is 5.01. The number of ether oxygens (including phenoxy) is 2. The first-order valence-electron chi connectivity index (χ1n) is 9.08. The number of hydrogen-bond acceptors (Lipinski definition) is 4. The molecule has 0 unspecified atom stereocenters. The van der Waals surface area contributed by atoms with Gasteiger partial charge in [-0.05, 0) is 56.2 Å². The Bertz CT molecular complexity index is 628. The second-order valence-electron chi connectivity index (χ2n) is 6.86. The van der Waals surface area contributed by atoms with E-state index in [9.17, 15) is 10.1 Å². The van der Waals surface area contributed by atoms with E-state index in [1.807, 2.05) is 0 Å². The van der Waals surface area contributed by atoms with Crippen molar-refractivity contribution in [2.24, 2.45) is 5.92 Å². The van der Waals surface area contributed by atoms with Crippen LogP contribution in [0.5, 0.6) is 5.75 Å². The molecule has 0 bridgehead atoms. The summed E-state index contributed by atoms with van der Waals surface area (Å²) in [4.78, 5) is 12.8. The smallest absolute Gasteiger partial charge is 0.256 e. The minimum Gasteiger partial charge on any atom is -0.494 e. The Kier molecular flexibility index (Phi) is 6.83. The molecule has 0 atom stereocenters. The fourth-order valence-corrected chi connectivity index (χ4v) is 3.14. The lowest BCUT2D eigenvalue weighted by Crippen LogP contribution is -2.47. The van der Waals surface area contributed by atoms with Gasteiger partial charge in [0, 0.05) is 7.11 Å². The summed E-state index contributed by atoms with van der Waals surface area (Å²) in [5.41, 5.74) is 0.110. The molecule has 5 nitrogen and oxygen atoms in total. The monoisotopic (exact) mass is 344 g/mol. The van der Waals surface area contributed by atoms with Crippen LogP contribution in [0.1, 0.15) is 57.9 Å². The van der Waals surface area contributed by atoms with Crippen molar-refractivity contribution in [2.75, 3.05) is 19.0 Å². The fraction of sp³-hybridized carbons (Fsp3) is 0.600. The van der Waals surface area contributed by atoms with E-state index in [1.165, 1.54) is 0 Å². The Hall–Kier alpha value is -2.06. The highest BCUT2D eigenvalue weighted by atomic mass is 16.5. The van der Waals surface area contributed by atoms with Crippen LogP contribution in [0, 0.1) is 17.2 Å². The minimum absolute atomic E-state index is 0.168. The maximum atomic E-state index is 12.8. The van der Waals surface area contributed by atoms with E-state index in [2.05, 4.69) is 25.2 Å². The van der Waals surface area contributed by atoms with E-state index in [0.29, 0.717) is 42.4 Å². The van der Waals surface area contributed by atoms with Gasteiger partial charge in [-0.15, -0.1) is 0 Å². The SMILES string of the molecule is CCCCOc1ccc(NC(=O)C2(OC)CCC(C)CC2)c(C#N)c1. The molecule has 1 amide bonds.